The zero-order valence-electron chi connectivity index (χ0n) is 14.1. The molecule has 3 rings (SSSR count). The SMILES string of the molecule is Cc1ccccc1C(=O)Oc1ccc(C(=O)OCC2CCCO2)cc1. The first-order valence-electron chi connectivity index (χ1n) is 8.30. The van der Waals surface area contributed by atoms with E-state index in [1.807, 2.05) is 19.1 Å². The van der Waals surface area contributed by atoms with E-state index in [4.69, 9.17) is 14.2 Å². The summed E-state index contributed by atoms with van der Waals surface area (Å²) in [4.78, 5) is 24.2. The van der Waals surface area contributed by atoms with E-state index in [0.717, 1.165) is 25.0 Å². The normalized spacial score (nSPS) is 16.4. The largest absolute Gasteiger partial charge is 0.459 e. The number of benzene rings is 2. The quantitative estimate of drug-likeness (QED) is 0.615. The van der Waals surface area contributed by atoms with Gasteiger partial charge in [0.15, 0.2) is 0 Å². The molecular weight excluding hydrogens is 320 g/mol. The lowest BCUT2D eigenvalue weighted by Gasteiger charge is -2.10. The zero-order chi connectivity index (χ0) is 17.6. The first-order chi connectivity index (χ1) is 12.1. The zero-order valence-corrected chi connectivity index (χ0v) is 14.1. The molecule has 2 aromatic carbocycles. The van der Waals surface area contributed by atoms with Gasteiger partial charge in [-0.2, -0.15) is 0 Å². The maximum Gasteiger partial charge on any atom is 0.343 e. The van der Waals surface area contributed by atoms with E-state index in [0.29, 0.717) is 16.9 Å². The van der Waals surface area contributed by atoms with Crippen LogP contribution in [-0.4, -0.2) is 31.3 Å². The Bertz CT molecular complexity index is 745. The molecule has 1 aliphatic rings. The van der Waals surface area contributed by atoms with E-state index in [2.05, 4.69) is 0 Å². The van der Waals surface area contributed by atoms with Crippen molar-refractivity contribution in [3.05, 3.63) is 65.2 Å². The predicted octanol–water partition coefficient (Wildman–Crippen LogP) is 3.55. The summed E-state index contributed by atoms with van der Waals surface area (Å²) < 4.78 is 16.0. The molecule has 130 valence electrons. The van der Waals surface area contributed by atoms with Crippen LogP contribution in [0.5, 0.6) is 5.75 Å². The van der Waals surface area contributed by atoms with Crippen molar-refractivity contribution in [2.24, 2.45) is 0 Å². The smallest absolute Gasteiger partial charge is 0.343 e. The molecular formula is C20H20O5. The summed E-state index contributed by atoms with van der Waals surface area (Å²) in [7, 11) is 0. The number of carbonyl (C=O) groups excluding carboxylic acids is 2. The second-order valence-electron chi connectivity index (χ2n) is 5.96. The highest BCUT2D eigenvalue weighted by atomic mass is 16.6. The molecule has 0 N–H and O–H groups in total. The Kier molecular flexibility index (Phi) is 5.46. The van der Waals surface area contributed by atoms with Gasteiger partial charge < -0.3 is 14.2 Å². The third kappa shape index (κ3) is 4.45. The number of carbonyl (C=O) groups is 2. The highest BCUT2D eigenvalue weighted by Gasteiger charge is 2.18. The van der Waals surface area contributed by atoms with Crippen molar-refractivity contribution >= 4 is 11.9 Å². The van der Waals surface area contributed by atoms with Gasteiger partial charge in [0, 0.05) is 6.61 Å². The van der Waals surface area contributed by atoms with Crippen LogP contribution < -0.4 is 4.74 Å². The minimum atomic E-state index is -0.424. The van der Waals surface area contributed by atoms with Crippen molar-refractivity contribution < 1.29 is 23.8 Å². The highest BCUT2D eigenvalue weighted by molar-refractivity contribution is 5.93. The average molecular weight is 340 g/mol. The van der Waals surface area contributed by atoms with Crippen molar-refractivity contribution in [2.45, 2.75) is 25.9 Å². The number of rotatable bonds is 5. The van der Waals surface area contributed by atoms with Crippen LogP contribution in [0.4, 0.5) is 0 Å². The minimum absolute atomic E-state index is 0.00158. The van der Waals surface area contributed by atoms with Crippen LogP contribution in [0.15, 0.2) is 48.5 Å². The Hall–Kier alpha value is -2.66. The molecule has 5 nitrogen and oxygen atoms in total. The molecule has 0 saturated carbocycles. The summed E-state index contributed by atoms with van der Waals surface area (Å²) in [6.45, 7) is 2.84. The van der Waals surface area contributed by atoms with Crippen molar-refractivity contribution in [1.82, 2.24) is 0 Å². The molecule has 25 heavy (non-hydrogen) atoms. The fourth-order valence-electron chi connectivity index (χ4n) is 2.65. The van der Waals surface area contributed by atoms with Gasteiger partial charge in [-0.1, -0.05) is 18.2 Å². The van der Waals surface area contributed by atoms with E-state index in [-0.39, 0.29) is 12.7 Å². The Balaban J connectivity index is 1.57. The van der Waals surface area contributed by atoms with Gasteiger partial charge >= 0.3 is 11.9 Å². The van der Waals surface area contributed by atoms with Gasteiger partial charge in [0.1, 0.15) is 12.4 Å². The Morgan fingerprint density at radius 2 is 1.84 bits per heavy atom. The molecule has 0 aliphatic carbocycles. The van der Waals surface area contributed by atoms with Crippen LogP contribution in [0.25, 0.3) is 0 Å². The van der Waals surface area contributed by atoms with E-state index in [1.54, 1.807) is 36.4 Å². The van der Waals surface area contributed by atoms with Crippen LogP contribution in [0.2, 0.25) is 0 Å². The molecule has 0 amide bonds. The molecule has 0 bridgehead atoms. The fourth-order valence-corrected chi connectivity index (χ4v) is 2.65. The van der Waals surface area contributed by atoms with Crippen molar-refractivity contribution in [2.75, 3.05) is 13.2 Å². The molecule has 5 heteroatoms. The van der Waals surface area contributed by atoms with Crippen LogP contribution in [-0.2, 0) is 9.47 Å². The van der Waals surface area contributed by atoms with Crippen LogP contribution in [0.3, 0.4) is 0 Å². The summed E-state index contributed by atoms with van der Waals surface area (Å²) in [6, 6.07) is 13.5. The Morgan fingerprint density at radius 3 is 2.52 bits per heavy atom. The number of hydrogen-bond acceptors (Lipinski definition) is 5. The Labute approximate surface area is 146 Å². The lowest BCUT2D eigenvalue weighted by atomic mass is 10.1. The summed E-state index contributed by atoms with van der Waals surface area (Å²) in [5, 5.41) is 0. The standard InChI is InChI=1S/C20H20O5/c1-14-5-2-3-7-18(14)20(22)25-16-10-8-15(9-11-16)19(21)24-13-17-6-4-12-23-17/h2-3,5,7-11,17H,4,6,12-13H2,1H3. The second kappa shape index (κ2) is 7.94. The summed E-state index contributed by atoms with van der Waals surface area (Å²) in [5.74, 6) is -0.456. The molecule has 1 atom stereocenters. The molecule has 1 saturated heterocycles. The molecule has 1 unspecified atom stereocenters. The molecule has 1 heterocycles. The third-order valence-electron chi connectivity index (χ3n) is 4.09. The lowest BCUT2D eigenvalue weighted by molar-refractivity contribution is 0.0161. The number of hydrogen-bond donors (Lipinski definition) is 0. The predicted molar refractivity (Wildman–Crippen MR) is 91.8 cm³/mol. The van der Waals surface area contributed by atoms with Crippen LogP contribution in [0, 0.1) is 6.92 Å². The van der Waals surface area contributed by atoms with Crippen molar-refractivity contribution in [3.8, 4) is 5.75 Å². The maximum absolute atomic E-state index is 12.2. The lowest BCUT2D eigenvalue weighted by Crippen LogP contribution is -2.17. The van der Waals surface area contributed by atoms with Gasteiger partial charge in [-0.15, -0.1) is 0 Å². The third-order valence-corrected chi connectivity index (χ3v) is 4.09. The highest BCUT2D eigenvalue weighted by Crippen LogP contribution is 2.17. The first kappa shape index (κ1) is 17.2. The van der Waals surface area contributed by atoms with E-state index >= 15 is 0 Å². The number of esters is 2. The first-order valence-corrected chi connectivity index (χ1v) is 8.30. The molecule has 0 aromatic heterocycles. The van der Waals surface area contributed by atoms with E-state index in [9.17, 15) is 9.59 Å². The summed E-state index contributed by atoms with van der Waals surface area (Å²) in [6.07, 6.45) is 1.92. The monoisotopic (exact) mass is 340 g/mol. The van der Waals surface area contributed by atoms with E-state index in [1.165, 1.54) is 0 Å². The van der Waals surface area contributed by atoms with Gasteiger partial charge in [-0.3, -0.25) is 0 Å². The Morgan fingerprint density at radius 1 is 1.08 bits per heavy atom. The average Bonchev–Trinajstić information content (AvgIpc) is 3.14. The van der Waals surface area contributed by atoms with Gasteiger partial charge in [0.25, 0.3) is 0 Å². The van der Waals surface area contributed by atoms with Gasteiger partial charge in [0.2, 0.25) is 0 Å². The van der Waals surface area contributed by atoms with E-state index < -0.39 is 11.9 Å². The summed E-state index contributed by atoms with van der Waals surface area (Å²) in [5.41, 5.74) is 1.78. The van der Waals surface area contributed by atoms with Crippen LogP contribution in [0.1, 0.15) is 39.1 Å². The van der Waals surface area contributed by atoms with Crippen LogP contribution >= 0.6 is 0 Å². The molecule has 1 fully saturated rings. The van der Waals surface area contributed by atoms with Gasteiger partial charge in [-0.05, 0) is 55.7 Å². The topological polar surface area (TPSA) is 61.8 Å². The molecule has 1 aliphatic heterocycles. The van der Waals surface area contributed by atoms with Gasteiger partial charge in [0.05, 0.1) is 17.2 Å². The maximum atomic E-state index is 12.2. The molecule has 0 radical (unpaired) electrons. The summed E-state index contributed by atoms with van der Waals surface area (Å²) >= 11 is 0. The molecule has 0 spiro atoms. The van der Waals surface area contributed by atoms with Gasteiger partial charge in [-0.25, -0.2) is 9.59 Å². The van der Waals surface area contributed by atoms with Crippen molar-refractivity contribution in [3.63, 3.8) is 0 Å². The second-order valence-corrected chi connectivity index (χ2v) is 5.96. The number of ether oxygens (including phenoxy) is 3. The van der Waals surface area contributed by atoms with Crippen molar-refractivity contribution in [1.29, 1.82) is 0 Å². The fraction of sp³-hybridized carbons (Fsp3) is 0.300. The number of aryl methyl sites for hydroxylation is 1. The minimum Gasteiger partial charge on any atom is -0.459 e. The molecule has 2 aromatic rings.